The Morgan fingerprint density at radius 3 is 1.95 bits per heavy atom. The molecule has 1 aromatic carbocycles. The SMILES string of the molecule is CC(=O)C1=CN(C(=O)O)C=CC1C.c1ccccc1. The highest BCUT2D eigenvalue weighted by molar-refractivity contribution is 5.94. The van der Waals surface area contributed by atoms with Crippen LogP contribution >= 0.6 is 0 Å². The van der Waals surface area contributed by atoms with Gasteiger partial charge in [-0.05, 0) is 6.92 Å². The Morgan fingerprint density at radius 1 is 1.11 bits per heavy atom. The van der Waals surface area contributed by atoms with Gasteiger partial charge in [0.05, 0.1) is 0 Å². The van der Waals surface area contributed by atoms with E-state index < -0.39 is 6.09 Å². The molecule has 1 heterocycles. The molecule has 0 aliphatic carbocycles. The van der Waals surface area contributed by atoms with E-state index >= 15 is 0 Å². The normalized spacial score (nSPS) is 17.1. The molecule has 0 radical (unpaired) electrons. The quantitative estimate of drug-likeness (QED) is 0.842. The lowest BCUT2D eigenvalue weighted by atomic mass is 9.97. The zero-order valence-corrected chi connectivity index (χ0v) is 11.0. The highest BCUT2D eigenvalue weighted by Gasteiger charge is 2.18. The van der Waals surface area contributed by atoms with Crippen molar-refractivity contribution in [2.45, 2.75) is 13.8 Å². The van der Waals surface area contributed by atoms with Crippen LogP contribution in [0, 0.1) is 5.92 Å². The molecule has 0 bridgehead atoms. The van der Waals surface area contributed by atoms with E-state index in [4.69, 9.17) is 5.11 Å². The summed E-state index contributed by atoms with van der Waals surface area (Å²) in [4.78, 5) is 22.6. The molecule has 19 heavy (non-hydrogen) atoms. The number of ketones is 1. The fourth-order valence-corrected chi connectivity index (χ4v) is 1.55. The third-order valence-corrected chi connectivity index (χ3v) is 2.60. The van der Waals surface area contributed by atoms with Crippen LogP contribution in [0.4, 0.5) is 4.79 Å². The maximum Gasteiger partial charge on any atom is 0.415 e. The van der Waals surface area contributed by atoms with E-state index in [2.05, 4.69) is 0 Å². The number of carbonyl (C=O) groups excluding carboxylic acids is 1. The lowest BCUT2D eigenvalue weighted by molar-refractivity contribution is -0.114. The number of benzene rings is 1. The summed E-state index contributed by atoms with van der Waals surface area (Å²) in [6.45, 7) is 3.28. The van der Waals surface area contributed by atoms with Crippen molar-refractivity contribution >= 4 is 11.9 Å². The smallest absolute Gasteiger partial charge is 0.415 e. The summed E-state index contributed by atoms with van der Waals surface area (Å²) in [5, 5.41) is 8.64. The molecule has 1 amide bonds. The topological polar surface area (TPSA) is 57.6 Å². The van der Waals surface area contributed by atoms with Crippen molar-refractivity contribution in [2.75, 3.05) is 0 Å². The van der Waals surface area contributed by atoms with E-state index in [1.54, 1.807) is 6.08 Å². The van der Waals surface area contributed by atoms with Gasteiger partial charge in [0.2, 0.25) is 0 Å². The molecular formula is C15H17NO3. The van der Waals surface area contributed by atoms with E-state index in [-0.39, 0.29) is 11.7 Å². The van der Waals surface area contributed by atoms with Crippen LogP contribution in [0.2, 0.25) is 0 Å². The van der Waals surface area contributed by atoms with Crippen molar-refractivity contribution in [2.24, 2.45) is 5.92 Å². The van der Waals surface area contributed by atoms with Crippen LogP contribution in [0.25, 0.3) is 0 Å². The van der Waals surface area contributed by atoms with E-state index in [0.29, 0.717) is 5.57 Å². The number of allylic oxidation sites excluding steroid dienone is 2. The molecule has 1 aromatic rings. The van der Waals surface area contributed by atoms with Gasteiger partial charge in [-0.1, -0.05) is 49.4 Å². The standard InChI is InChI=1S/C9H11NO3.C6H6/c1-6-3-4-10(9(12)13)5-8(6)7(2)11;1-2-4-6-5-3-1/h3-6H,1-2H3,(H,12,13);1-6H. The maximum atomic E-state index is 11.1. The molecule has 0 aromatic heterocycles. The third-order valence-electron chi connectivity index (χ3n) is 2.60. The first kappa shape index (κ1) is 14.7. The van der Waals surface area contributed by atoms with Gasteiger partial charge >= 0.3 is 6.09 Å². The summed E-state index contributed by atoms with van der Waals surface area (Å²) in [5.41, 5.74) is 0.518. The lowest BCUT2D eigenvalue weighted by Gasteiger charge is -2.19. The predicted octanol–water partition coefficient (Wildman–Crippen LogP) is 3.29. The van der Waals surface area contributed by atoms with Crippen LogP contribution in [0.5, 0.6) is 0 Å². The molecule has 0 fully saturated rings. The Kier molecular flexibility index (Phi) is 5.54. The second-order valence-corrected chi connectivity index (χ2v) is 4.12. The highest BCUT2D eigenvalue weighted by atomic mass is 16.4. The molecule has 1 aliphatic heterocycles. The van der Waals surface area contributed by atoms with E-state index in [9.17, 15) is 9.59 Å². The molecule has 1 N–H and O–H groups in total. The molecule has 0 saturated carbocycles. The Labute approximate surface area is 112 Å². The molecule has 1 atom stereocenters. The number of hydrogen-bond donors (Lipinski definition) is 1. The summed E-state index contributed by atoms with van der Waals surface area (Å²) in [7, 11) is 0. The van der Waals surface area contributed by atoms with Gasteiger partial charge < -0.3 is 5.11 Å². The number of nitrogens with zero attached hydrogens (tertiary/aromatic N) is 1. The monoisotopic (exact) mass is 259 g/mol. The van der Waals surface area contributed by atoms with E-state index in [0.717, 1.165) is 4.90 Å². The Balaban J connectivity index is 0.000000250. The summed E-state index contributed by atoms with van der Waals surface area (Å²) < 4.78 is 0. The van der Waals surface area contributed by atoms with Crippen molar-refractivity contribution in [1.29, 1.82) is 0 Å². The molecular weight excluding hydrogens is 242 g/mol. The minimum atomic E-state index is -1.08. The fraction of sp³-hybridized carbons (Fsp3) is 0.200. The second-order valence-electron chi connectivity index (χ2n) is 4.12. The van der Waals surface area contributed by atoms with Gasteiger partial charge in [-0.2, -0.15) is 0 Å². The Bertz CT molecular complexity index is 465. The third kappa shape index (κ3) is 4.79. The molecule has 4 nitrogen and oxygen atoms in total. The first-order chi connectivity index (χ1) is 9.02. The van der Waals surface area contributed by atoms with Crippen LogP contribution in [0.3, 0.4) is 0 Å². The molecule has 1 aliphatic rings. The average Bonchev–Trinajstić information content (AvgIpc) is 2.41. The highest BCUT2D eigenvalue weighted by Crippen LogP contribution is 2.19. The first-order valence-electron chi connectivity index (χ1n) is 5.94. The molecule has 0 saturated heterocycles. The molecule has 4 heteroatoms. The van der Waals surface area contributed by atoms with Crippen molar-refractivity contribution in [3.63, 3.8) is 0 Å². The second kappa shape index (κ2) is 7.16. The van der Waals surface area contributed by atoms with Gasteiger partial charge in [-0.25, -0.2) is 4.79 Å². The van der Waals surface area contributed by atoms with E-state index in [1.807, 2.05) is 43.3 Å². The number of hydrogen-bond acceptors (Lipinski definition) is 2. The summed E-state index contributed by atoms with van der Waals surface area (Å²) in [6.07, 6.45) is 3.40. The number of carboxylic acid groups (broad SMARTS) is 1. The zero-order valence-electron chi connectivity index (χ0n) is 11.0. The number of amides is 1. The van der Waals surface area contributed by atoms with Gasteiger partial charge in [0.1, 0.15) is 0 Å². The van der Waals surface area contributed by atoms with Gasteiger partial charge in [0.15, 0.2) is 5.78 Å². The van der Waals surface area contributed by atoms with Gasteiger partial charge in [0.25, 0.3) is 0 Å². The van der Waals surface area contributed by atoms with Gasteiger partial charge in [-0.15, -0.1) is 0 Å². The van der Waals surface area contributed by atoms with Crippen LogP contribution in [-0.4, -0.2) is 21.9 Å². The molecule has 1 unspecified atom stereocenters. The predicted molar refractivity (Wildman–Crippen MR) is 73.4 cm³/mol. The fourth-order valence-electron chi connectivity index (χ4n) is 1.55. The van der Waals surface area contributed by atoms with Crippen molar-refractivity contribution in [3.05, 3.63) is 60.4 Å². The minimum Gasteiger partial charge on any atom is -0.464 e. The summed E-state index contributed by atoms with van der Waals surface area (Å²) in [6, 6.07) is 12.0. The Morgan fingerprint density at radius 2 is 1.58 bits per heavy atom. The zero-order chi connectivity index (χ0) is 14.3. The molecule has 100 valence electrons. The Hall–Kier alpha value is -2.36. The number of Topliss-reactive ketones (excluding diaryl/α,β-unsaturated/α-hetero) is 1. The first-order valence-corrected chi connectivity index (χ1v) is 5.94. The maximum absolute atomic E-state index is 11.1. The van der Waals surface area contributed by atoms with Crippen LogP contribution in [0.1, 0.15) is 13.8 Å². The van der Waals surface area contributed by atoms with Crippen molar-refractivity contribution < 1.29 is 14.7 Å². The number of carbonyl (C=O) groups is 2. The van der Waals surface area contributed by atoms with Crippen LogP contribution in [-0.2, 0) is 4.79 Å². The molecule has 2 rings (SSSR count). The molecule has 0 spiro atoms. The minimum absolute atomic E-state index is 0.00639. The largest absolute Gasteiger partial charge is 0.464 e. The average molecular weight is 259 g/mol. The number of rotatable bonds is 1. The van der Waals surface area contributed by atoms with Crippen molar-refractivity contribution in [1.82, 2.24) is 4.90 Å². The van der Waals surface area contributed by atoms with Gasteiger partial charge in [-0.3, -0.25) is 9.69 Å². The van der Waals surface area contributed by atoms with Gasteiger partial charge in [0, 0.05) is 23.9 Å². The summed E-state index contributed by atoms with van der Waals surface area (Å²) in [5.74, 6) is -0.101. The van der Waals surface area contributed by atoms with Crippen LogP contribution in [0.15, 0.2) is 60.4 Å². The lowest BCUT2D eigenvalue weighted by Crippen LogP contribution is -2.23. The van der Waals surface area contributed by atoms with Crippen LogP contribution < -0.4 is 0 Å². The van der Waals surface area contributed by atoms with Crippen molar-refractivity contribution in [3.8, 4) is 0 Å². The summed E-state index contributed by atoms with van der Waals surface area (Å²) >= 11 is 0. The van der Waals surface area contributed by atoms with E-state index in [1.165, 1.54) is 19.3 Å².